The summed E-state index contributed by atoms with van der Waals surface area (Å²) >= 11 is 0. The van der Waals surface area contributed by atoms with Gasteiger partial charge in [0.25, 0.3) is 0 Å². The molecule has 0 aromatic heterocycles. The summed E-state index contributed by atoms with van der Waals surface area (Å²) in [6.07, 6.45) is 1.86. The van der Waals surface area contributed by atoms with Gasteiger partial charge in [0, 0.05) is 0 Å². The number of esters is 1. The molecule has 0 aliphatic heterocycles. The van der Waals surface area contributed by atoms with Crippen LogP contribution in [0.2, 0.25) is 0 Å². The standard InChI is InChI=1S/C14H16O7/c1-20-13-11(18)5-4-9(3-2-6-15)12(13)14(19)21-8-10(17)7-16/h2-6,10,16-18H,7-8H2,1H3. The summed E-state index contributed by atoms with van der Waals surface area (Å²) in [5.41, 5.74) is 0.223. The second kappa shape index (κ2) is 8.03. The predicted octanol–water partition coefficient (Wildman–Crippen LogP) is 0.123. The van der Waals surface area contributed by atoms with E-state index in [2.05, 4.69) is 0 Å². The zero-order valence-corrected chi connectivity index (χ0v) is 11.4. The van der Waals surface area contributed by atoms with E-state index in [9.17, 15) is 19.8 Å². The van der Waals surface area contributed by atoms with Crippen LogP contribution >= 0.6 is 0 Å². The number of ether oxygens (including phenoxy) is 2. The lowest BCUT2D eigenvalue weighted by Crippen LogP contribution is -2.22. The fraction of sp³-hybridized carbons (Fsp3) is 0.286. The van der Waals surface area contributed by atoms with Crippen molar-refractivity contribution in [2.24, 2.45) is 0 Å². The molecule has 0 radical (unpaired) electrons. The van der Waals surface area contributed by atoms with Gasteiger partial charge in [-0.3, -0.25) is 4.79 Å². The number of phenols is 1. The molecule has 0 fully saturated rings. The normalized spacial score (nSPS) is 12.1. The Morgan fingerprint density at radius 1 is 1.43 bits per heavy atom. The first kappa shape index (κ1) is 16.7. The number of hydrogen-bond acceptors (Lipinski definition) is 7. The number of aliphatic hydroxyl groups excluding tert-OH is 2. The SMILES string of the molecule is COc1c(O)ccc(C=CC=O)c1C(=O)OCC(O)CO. The fourth-order valence-electron chi connectivity index (χ4n) is 1.58. The lowest BCUT2D eigenvalue weighted by Gasteiger charge is -2.14. The van der Waals surface area contributed by atoms with Crippen LogP contribution in [-0.2, 0) is 9.53 Å². The number of aldehydes is 1. The summed E-state index contributed by atoms with van der Waals surface area (Å²) in [5, 5.41) is 27.6. The van der Waals surface area contributed by atoms with E-state index < -0.39 is 25.3 Å². The van der Waals surface area contributed by atoms with E-state index in [0.717, 1.165) is 0 Å². The van der Waals surface area contributed by atoms with Crippen LogP contribution in [-0.4, -0.2) is 54.0 Å². The smallest absolute Gasteiger partial charge is 0.342 e. The molecule has 0 saturated heterocycles. The number of benzene rings is 1. The summed E-state index contributed by atoms with van der Waals surface area (Å²) in [6, 6.07) is 2.72. The van der Waals surface area contributed by atoms with Crippen molar-refractivity contribution in [1.29, 1.82) is 0 Å². The number of allylic oxidation sites excluding steroid dienone is 1. The third kappa shape index (κ3) is 4.30. The second-order valence-corrected chi connectivity index (χ2v) is 4.01. The Hall–Kier alpha value is -2.38. The number of aliphatic hydroxyl groups is 2. The number of methoxy groups -OCH3 is 1. The molecule has 0 spiro atoms. The first-order chi connectivity index (χ1) is 10.0. The van der Waals surface area contributed by atoms with Crippen molar-refractivity contribution in [1.82, 2.24) is 0 Å². The maximum absolute atomic E-state index is 12.1. The van der Waals surface area contributed by atoms with Crippen molar-refractivity contribution in [3.63, 3.8) is 0 Å². The van der Waals surface area contributed by atoms with Crippen LogP contribution in [0, 0.1) is 0 Å². The lowest BCUT2D eigenvalue weighted by molar-refractivity contribution is -0.104. The lowest BCUT2D eigenvalue weighted by atomic mass is 10.0. The molecule has 0 heterocycles. The molecule has 21 heavy (non-hydrogen) atoms. The Kier molecular flexibility index (Phi) is 6.38. The van der Waals surface area contributed by atoms with Crippen molar-refractivity contribution < 1.29 is 34.4 Å². The third-order valence-corrected chi connectivity index (χ3v) is 2.55. The summed E-state index contributed by atoms with van der Waals surface area (Å²) in [7, 11) is 1.27. The molecule has 1 atom stereocenters. The second-order valence-electron chi connectivity index (χ2n) is 4.01. The highest BCUT2D eigenvalue weighted by atomic mass is 16.5. The monoisotopic (exact) mass is 296 g/mol. The zero-order chi connectivity index (χ0) is 15.8. The molecule has 0 aliphatic carbocycles. The molecule has 0 aliphatic rings. The van der Waals surface area contributed by atoms with Crippen LogP contribution in [0.15, 0.2) is 18.2 Å². The molecule has 1 aromatic rings. The van der Waals surface area contributed by atoms with Crippen LogP contribution in [0.25, 0.3) is 6.08 Å². The van der Waals surface area contributed by atoms with Crippen molar-refractivity contribution >= 4 is 18.3 Å². The van der Waals surface area contributed by atoms with Gasteiger partial charge in [0.05, 0.1) is 13.7 Å². The quantitative estimate of drug-likeness (QED) is 0.372. The van der Waals surface area contributed by atoms with Gasteiger partial charge in [-0.2, -0.15) is 0 Å². The van der Waals surface area contributed by atoms with E-state index in [1.165, 1.54) is 31.4 Å². The van der Waals surface area contributed by atoms with Gasteiger partial charge in [-0.1, -0.05) is 12.1 Å². The highest BCUT2D eigenvalue weighted by molar-refractivity contribution is 5.98. The highest BCUT2D eigenvalue weighted by Gasteiger charge is 2.21. The average Bonchev–Trinajstić information content (AvgIpc) is 2.50. The van der Waals surface area contributed by atoms with Gasteiger partial charge in [-0.15, -0.1) is 0 Å². The molecule has 1 unspecified atom stereocenters. The number of carbonyl (C=O) groups is 2. The first-order valence-electron chi connectivity index (χ1n) is 6.03. The van der Waals surface area contributed by atoms with Gasteiger partial charge < -0.3 is 24.8 Å². The molecule has 1 rings (SSSR count). The van der Waals surface area contributed by atoms with E-state index in [4.69, 9.17) is 14.6 Å². The Labute approximate surface area is 121 Å². The number of phenolic OH excluding ortho intramolecular Hbond substituents is 1. The Balaban J connectivity index is 3.16. The predicted molar refractivity (Wildman–Crippen MR) is 73.1 cm³/mol. The molecular weight excluding hydrogens is 280 g/mol. The number of aromatic hydroxyl groups is 1. The van der Waals surface area contributed by atoms with E-state index in [1.807, 2.05) is 0 Å². The molecule has 114 valence electrons. The highest BCUT2D eigenvalue weighted by Crippen LogP contribution is 2.33. The maximum atomic E-state index is 12.1. The summed E-state index contributed by atoms with van der Waals surface area (Å²) in [5.74, 6) is -1.23. The van der Waals surface area contributed by atoms with Gasteiger partial charge >= 0.3 is 5.97 Å². The Morgan fingerprint density at radius 2 is 2.14 bits per heavy atom. The summed E-state index contributed by atoms with van der Waals surface area (Å²) in [6.45, 7) is -0.965. The molecule has 7 heteroatoms. The number of carbonyl (C=O) groups excluding carboxylic acids is 2. The molecule has 1 aromatic carbocycles. The minimum absolute atomic E-state index is 0.0826. The van der Waals surface area contributed by atoms with E-state index >= 15 is 0 Å². The molecule has 0 saturated carbocycles. The first-order valence-corrected chi connectivity index (χ1v) is 6.03. The molecule has 0 amide bonds. The van der Waals surface area contributed by atoms with E-state index in [1.54, 1.807) is 0 Å². The number of rotatable bonds is 7. The van der Waals surface area contributed by atoms with Gasteiger partial charge in [0.1, 0.15) is 24.6 Å². The third-order valence-electron chi connectivity index (χ3n) is 2.55. The van der Waals surface area contributed by atoms with Crippen LogP contribution in [0.5, 0.6) is 11.5 Å². The fourth-order valence-corrected chi connectivity index (χ4v) is 1.58. The topological polar surface area (TPSA) is 113 Å². The molecular formula is C14H16O7. The van der Waals surface area contributed by atoms with Crippen LogP contribution in [0.3, 0.4) is 0 Å². The minimum Gasteiger partial charge on any atom is -0.504 e. The average molecular weight is 296 g/mol. The largest absolute Gasteiger partial charge is 0.504 e. The van der Waals surface area contributed by atoms with Gasteiger partial charge in [-0.25, -0.2) is 4.79 Å². The minimum atomic E-state index is -1.20. The van der Waals surface area contributed by atoms with Gasteiger partial charge in [-0.05, 0) is 17.7 Å². The van der Waals surface area contributed by atoms with Gasteiger partial charge in [0.15, 0.2) is 11.5 Å². The van der Waals surface area contributed by atoms with Crippen LogP contribution in [0.1, 0.15) is 15.9 Å². The van der Waals surface area contributed by atoms with Crippen molar-refractivity contribution in [2.45, 2.75) is 6.10 Å². The van der Waals surface area contributed by atoms with Crippen molar-refractivity contribution in [3.05, 3.63) is 29.3 Å². The Morgan fingerprint density at radius 3 is 2.71 bits per heavy atom. The van der Waals surface area contributed by atoms with E-state index in [0.29, 0.717) is 11.8 Å². The van der Waals surface area contributed by atoms with Crippen LogP contribution in [0.4, 0.5) is 0 Å². The van der Waals surface area contributed by atoms with E-state index in [-0.39, 0.29) is 17.1 Å². The number of hydrogen-bond donors (Lipinski definition) is 3. The zero-order valence-electron chi connectivity index (χ0n) is 11.4. The van der Waals surface area contributed by atoms with Crippen LogP contribution < -0.4 is 4.74 Å². The molecule has 3 N–H and O–H groups in total. The molecule has 0 bridgehead atoms. The summed E-state index contributed by atoms with van der Waals surface area (Å²) in [4.78, 5) is 22.4. The maximum Gasteiger partial charge on any atom is 0.342 e. The molecule has 7 nitrogen and oxygen atoms in total. The summed E-state index contributed by atoms with van der Waals surface area (Å²) < 4.78 is 9.80. The van der Waals surface area contributed by atoms with Gasteiger partial charge in [0.2, 0.25) is 0 Å². The van der Waals surface area contributed by atoms with Crippen molar-refractivity contribution in [2.75, 3.05) is 20.3 Å². The van der Waals surface area contributed by atoms with Crippen molar-refractivity contribution in [3.8, 4) is 11.5 Å². The Bertz CT molecular complexity index is 536.